The van der Waals surface area contributed by atoms with Crippen LogP contribution in [-0.4, -0.2) is 31.4 Å². The third kappa shape index (κ3) is 3.20. The van der Waals surface area contributed by atoms with Crippen LogP contribution >= 0.6 is 0 Å². The standard InChI is InChI=1S/C15H19NO3/c1-2-10-19-11-15(18)16-9-5-8-14(17)12-6-3-4-7-13(12)16/h3-4,6-7H,2,5,8-11H2,1H3. The molecule has 0 N–H and O–H groups in total. The average Bonchev–Trinajstić information content (AvgIpc) is 2.59. The highest BCUT2D eigenvalue weighted by atomic mass is 16.5. The third-order valence-corrected chi connectivity index (χ3v) is 3.16. The molecule has 0 atom stereocenters. The summed E-state index contributed by atoms with van der Waals surface area (Å²) < 4.78 is 5.30. The van der Waals surface area contributed by atoms with Crippen LogP contribution in [0.25, 0.3) is 0 Å². The molecule has 4 heteroatoms. The van der Waals surface area contributed by atoms with Crippen LogP contribution in [0.4, 0.5) is 5.69 Å². The van der Waals surface area contributed by atoms with Gasteiger partial charge in [-0.1, -0.05) is 19.1 Å². The number of hydrogen-bond acceptors (Lipinski definition) is 3. The van der Waals surface area contributed by atoms with E-state index in [2.05, 4.69) is 0 Å². The zero-order valence-corrected chi connectivity index (χ0v) is 11.2. The van der Waals surface area contributed by atoms with Gasteiger partial charge in [-0.15, -0.1) is 0 Å². The molecule has 1 aromatic rings. The van der Waals surface area contributed by atoms with E-state index in [9.17, 15) is 9.59 Å². The van der Waals surface area contributed by atoms with Crippen LogP contribution in [0.3, 0.4) is 0 Å². The van der Waals surface area contributed by atoms with E-state index in [1.165, 1.54) is 0 Å². The van der Waals surface area contributed by atoms with Crippen molar-refractivity contribution in [1.29, 1.82) is 0 Å². The van der Waals surface area contributed by atoms with Gasteiger partial charge in [-0.25, -0.2) is 0 Å². The third-order valence-electron chi connectivity index (χ3n) is 3.16. The molecule has 0 aromatic heterocycles. The Morgan fingerprint density at radius 1 is 1.37 bits per heavy atom. The van der Waals surface area contributed by atoms with Crippen LogP contribution in [0.1, 0.15) is 36.5 Å². The number of anilines is 1. The van der Waals surface area contributed by atoms with Crippen LogP contribution in [0, 0.1) is 0 Å². The Morgan fingerprint density at radius 3 is 2.95 bits per heavy atom. The quantitative estimate of drug-likeness (QED) is 0.782. The summed E-state index contributed by atoms with van der Waals surface area (Å²) in [6.07, 6.45) is 2.09. The minimum absolute atomic E-state index is 0.0735. The smallest absolute Gasteiger partial charge is 0.252 e. The zero-order chi connectivity index (χ0) is 13.7. The first-order valence-corrected chi connectivity index (χ1v) is 6.74. The first-order valence-electron chi connectivity index (χ1n) is 6.74. The predicted molar refractivity (Wildman–Crippen MR) is 73.5 cm³/mol. The number of carbonyl (C=O) groups excluding carboxylic acids is 2. The Labute approximate surface area is 113 Å². The summed E-state index contributed by atoms with van der Waals surface area (Å²) in [5, 5.41) is 0. The summed E-state index contributed by atoms with van der Waals surface area (Å²) >= 11 is 0. The maximum absolute atomic E-state index is 12.2. The van der Waals surface area contributed by atoms with E-state index < -0.39 is 0 Å². The van der Waals surface area contributed by atoms with Gasteiger partial charge in [0.25, 0.3) is 5.91 Å². The minimum Gasteiger partial charge on any atom is -0.372 e. The highest BCUT2D eigenvalue weighted by Crippen LogP contribution is 2.26. The molecule has 0 spiro atoms. The van der Waals surface area contributed by atoms with E-state index in [1.807, 2.05) is 25.1 Å². The molecule has 4 nitrogen and oxygen atoms in total. The molecule has 2 rings (SSSR count). The number of fused-ring (bicyclic) bond motifs is 1. The van der Waals surface area contributed by atoms with E-state index >= 15 is 0 Å². The molecule has 0 saturated heterocycles. The van der Waals surface area contributed by atoms with Gasteiger partial charge < -0.3 is 9.64 Å². The summed E-state index contributed by atoms with van der Waals surface area (Å²) in [4.78, 5) is 25.8. The van der Waals surface area contributed by atoms with Crippen molar-refractivity contribution in [2.75, 3.05) is 24.7 Å². The second kappa shape index (κ2) is 6.48. The second-order valence-electron chi connectivity index (χ2n) is 4.64. The van der Waals surface area contributed by atoms with E-state index in [0.29, 0.717) is 31.6 Å². The lowest BCUT2D eigenvalue weighted by Crippen LogP contribution is -2.34. The molecule has 0 aliphatic carbocycles. The van der Waals surface area contributed by atoms with Crippen molar-refractivity contribution in [2.45, 2.75) is 26.2 Å². The lowest BCUT2D eigenvalue weighted by Gasteiger charge is -2.22. The molecule has 1 amide bonds. The van der Waals surface area contributed by atoms with Gasteiger partial charge in [-0.3, -0.25) is 9.59 Å². The summed E-state index contributed by atoms with van der Waals surface area (Å²) in [7, 11) is 0. The molecule has 0 radical (unpaired) electrons. The van der Waals surface area contributed by atoms with Crippen molar-refractivity contribution in [2.24, 2.45) is 0 Å². The highest BCUT2D eigenvalue weighted by Gasteiger charge is 2.24. The number of carbonyl (C=O) groups is 2. The minimum atomic E-state index is -0.0735. The molecule has 1 aliphatic heterocycles. The van der Waals surface area contributed by atoms with Gasteiger partial charge in [-0.2, -0.15) is 0 Å². The summed E-state index contributed by atoms with van der Waals surface area (Å²) in [5.74, 6) is 0.0379. The summed E-state index contributed by atoms with van der Waals surface area (Å²) in [5.41, 5.74) is 1.36. The maximum atomic E-state index is 12.2. The molecular formula is C15H19NO3. The van der Waals surface area contributed by atoms with Crippen molar-refractivity contribution >= 4 is 17.4 Å². The Bertz CT molecular complexity index is 470. The lowest BCUT2D eigenvalue weighted by molar-refractivity contribution is -0.123. The molecular weight excluding hydrogens is 242 g/mol. The highest BCUT2D eigenvalue weighted by molar-refractivity contribution is 6.06. The largest absolute Gasteiger partial charge is 0.372 e. The predicted octanol–water partition coefficient (Wildman–Crippen LogP) is 2.42. The Balaban J connectivity index is 2.18. The average molecular weight is 261 g/mol. The molecule has 1 heterocycles. The Morgan fingerprint density at radius 2 is 2.16 bits per heavy atom. The summed E-state index contributed by atoms with van der Waals surface area (Å²) in [6, 6.07) is 7.30. The number of hydrogen-bond donors (Lipinski definition) is 0. The number of ketones is 1. The number of benzene rings is 1. The maximum Gasteiger partial charge on any atom is 0.252 e. The van der Waals surface area contributed by atoms with E-state index in [-0.39, 0.29) is 18.3 Å². The van der Waals surface area contributed by atoms with Crippen molar-refractivity contribution in [3.63, 3.8) is 0 Å². The number of Topliss-reactive ketones (excluding diaryl/α,β-unsaturated/α-hetero) is 1. The molecule has 19 heavy (non-hydrogen) atoms. The normalized spacial score (nSPS) is 15.0. The first kappa shape index (κ1) is 13.7. The summed E-state index contributed by atoms with van der Waals surface area (Å²) in [6.45, 7) is 3.25. The van der Waals surface area contributed by atoms with Gasteiger partial charge in [0.2, 0.25) is 0 Å². The fraction of sp³-hybridized carbons (Fsp3) is 0.467. The Kier molecular flexibility index (Phi) is 4.68. The second-order valence-corrected chi connectivity index (χ2v) is 4.64. The van der Waals surface area contributed by atoms with Gasteiger partial charge in [-0.05, 0) is 25.0 Å². The monoisotopic (exact) mass is 261 g/mol. The fourth-order valence-corrected chi connectivity index (χ4v) is 2.24. The van der Waals surface area contributed by atoms with Crippen LogP contribution in [0.15, 0.2) is 24.3 Å². The number of ether oxygens (including phenoxy) is 1. The van der Waals surface area contributed by atoms with Crippen molar-refractivity contribution < 1.29 is 14.3 Å². The van der Waals surface area contributed by atoms with E-state index in [4.69, 9.17) is 4.74 Å². The van der Waals surface area contributed by atoms with Crippen molar-refractivity contribution in [3.8, 4) is 0 Å². The zero-order valence-electron chi connectivity index (χ0n) is 11.2. The van der Waals surface area contributed by atoms with Gasteiger partial charge in [0.15, 0.2) is 5.78 Å². The van der Waals surface area contributed by atoms with Gasteiger partial charge >= 0.3 is 0 Å². The van der Waals surface area contributed by atoms with Crippen molar-refractivity contribution in [3.05, 3.63) is 29.8 Å². The SMILES string of the molecule is CCCOCC(=O)N1CCCC(=O)c2ccccc21. The Hall–Kier alpha value is -1.68. The van der Waals surface area contributed by atoms with Crippen LogP contribution in [0.2, 0.25) is 0 Å². The number of rotatable bonds is 4. The van der Waals surface area contributed by atoms with Crippen LogP contribution in [-0.2, 0) is 9.53 Å². The van der Waals surface area contributed by atoms with Crippen LogP contribution in [0.5, 0.6) is 0 Å². The van der Waals surface area contributed by atoms with Gasteiger partial charge in [0.1, 0.15) is 6.61 Å². The number of para-hydroxylation sites is 1. The van der Waals surface area contributed by atoms with E-state index in [0.717, 1.165) is 12.1 Å². The van der Waals surface area contributed by atoms with Gasteiger partial charge in [0, 0.05) is 25.1 Å². The number of nitrogens with zero attached hydrogens (tertiary/aromatic N) is 1. The fourth-order valence-electron chi connectivity index (χ4n) is 2.24. The van der Waals surface area contributed by atoms with Crippen molar-refractivity contribution in [1.82, 2.24) is 0 Å². The first-order chi connectivity index (χ1) is 9.24. The topological polar surface area (TPSA) is 46.6 Å². The lowest BCUT2D eigenvalue weighted by atomic mass is 10.1. The van der Waals surface area contributed by atoms with Gasteiger partial charge in [0.05, 0.1) is 5.69 Å². The molecule has 0 fully saturated rings. The number of amides is 1. The molecule has 1 aromatic carbocycles. The molecule has 1 aliphatic rings. The molecule has 0 bridgehead atoms. The molecule has 102 valence electrons. The molecule has 0 saturated carbocycles. The van der Waals surface area contributed by atoms with E-state index in [1.54, 1.807) is 11.0 Å². The molecule has 0 unspecified atom stereocenters. The van der Waals surface area contributed by atoms with Crippen LogP contribution < -0.4 is 4.90 Å².